The highest BCUT2D eigenvalue weighted by atomic mass is 127. The molecule has 1 aromatic carbocycles. The number of benzene rings is 1. The Bertz CT molecular complexity index is 481. The van der Waals surface area contributed by atoms with Crippen LogP contribution < -0.4 is 15.5 Å². The molecular formula is C16H26BrIN4. The molecule has 0 spiro atoms. The maximum Gasteiger partial charge on any atom is 0.191 e. The van der Waals surface area contributed by atoms with Gasteiger partial charge in [0.15, 0.2) is 5.96 Å². The number of rotatable bonds is 5. The summed E-state index contributed by atoms with van der Waals surface area (Å²) in [6, 6.07) is 8.87. The largest absolute Gasteiger partial charge is 0.368 e. The number of guanidine groups is 1. The van der Waals surface area contributed by atoms with Crippen LogP contribution in [-0.2, 0) is 0 Å². The second-order valence-corrected chi connectivity index (χ2v) is 6.14. The Balaban J connectivity index is 0.00000242. The highest BCUT2D eigenvalue weighted by Crippen LogP contribution is 2.28. The summed E-state index contributed by atoms with van der Waals surface area (Å²) in [4.78, 5) is 7.00. The molecule has 1 atom stereocenters. The fourth-order valence-corrected chi connectivity index (χ4v) is 3.08. The Morgan fingerprint density at radius 2 is 2.14 bits per heavy atom. The molecular weight excluding hydrogens is 455 g/mol. The van der Waals surface area contributed by atoms with E-state index in [2.05, 4.69) is 74.6 Å². The molecule has 1 unspecified atom stereocenters. The number of halogens is 2. The van der Waals surface area contributed by atoms with Crippen LogP contribution in [-0.4, -0.2) is 38.2 Å². The summed E-state index contributed by atoms with van der Waals surface area (Å²) in [6.07, 6.45) is 2.21. The predicted octanol–water partition coefficient (Wildman–Crippen LogP) is 3.61. The van der Waals surface area contributed by atoms with Crippen molar-refractivity contribution in [1.82, 2.24) is 10.6 Å². The van der Waals surface area contributed by atoms with Crippen molar-refractivity contribution < 1.29 is 0 Å². The average molecular weight is 481 g/mol. The van der Waals surface area contributed by atoms with Crippen LogP contribution in [0.25, 0.3) is 0 Å². The minimum Gasteiger partial charge on any atom is -0.368 e. The first-order valence-electron chi connectivity index (χ1n) is 7.79. The maximum absolute atomic E-state index is 4.58. The van der Waals surface area contributed by atoms with Crippen molar-refractivity contribution in [3.8, 4) is 0 Å². The van der Waals surface area contributed by atoms with Gasteiger partial charge in [0, 0.05) is 36.7 Å². The van der Waals surface area contributed by atoms with Crippen LogP contribution in [0.3, 0.4) is 0 Å². The van der Waals surface area contributed by atoms with Gasteiger partial charge in [0.2, 0.25) is 0 Å². The number of aliphatic imine (C=N–C) groups is 1. The second kappa shape index (κ2) is 10.3. The predicted molar refractivity (Wildman–Crippen MR) is 110 cm³/mol. The topological polar surface area (TPSA) is 39.7 Å². The van der Waals surface area contributed by atoms with E-state index in [1.54, 1.807) is 0 Å². The van der Waals surface area contributed by atoms with Gasteiger partial charge in [-0.3, -0.25) is 4.99 Å². The molecule has 2 N–H and O–H groups in total. The molecule has 0 bridgehead atoms. The zero-order chi connectivity index (χ0) is 15.1. The first kappa shape index (κ1) is 19.5. The molecule has 0 amide bonds. The summed E-state index contributed by atoms with van der Waals surface area (Å²) < 4.78 is 1.16. The minimum atomic E-state index is 0. The lowest BCUT2D eigenvalue weighted by atomic mass is 10.3. The lowest BCUT2D eigenvalue weighted by Gasteiger charge is -2.21. The standard InChI is InChI=1S/C16H25BrN4.HI/c1-3-10-19-16(18-4-2)20-13-9-11-21(12-13)15-8-6-5-7-14(15)17;/h5-8,13H,3-4,9-12H2,1-2H3,(H2,18,19,20);1H. The number of anilines is 1. The maximum atomic E-state index is 4.58. The third kappa shape index (κ3) is 5.61. The number of hydrogen-bond donors (Lipinski definition) is 2. The van der Waals surface area contributed by atoms with Gasteiger partial charge in [-0.1, -0.05) is 19.1 Å². The Morgan fingerprint density at radius 3 is 2.82 bits per heavy atom. The van der Waals surface area contributed by atoms with E-state index in [0.29, 0.717) is 6.04 Å². The van der Waals surface area contributed by atoms with Crippen molar-refractivity contribution in [2.24, 2.45) is 4.99 Å². The minimum absolute atomic E-state index is 0. The lowest BCUT2D eigenvalue weighted by Crippen LogP contribution is -2.44. The van der Waals surface area contributed by atoms with Crippen LogP contribution >= 0.6 is 39.9 Å². The van der Waals surface area contributed by atoms with Crippen LogP contribution in [0.1, 0.15) is 26.7 Å². The van der Waals surface area contributed by atoms with Gasteiger partial charge in [-0.15, -0.1) is 24.0 Å². The molecule has 1 saturated heterocycles. The van der Waals surface area contributed by atoms with E-state index >= 15 is 0 Å². The normalized spacial score (nSPS) is 18.0. The van der Waals surface area contributed by atoms with Gasteiger partial charge in [0.1, 0.15) is 0 Å². The van der Waals surface area contributed by atoms with Gasteiger partial charge in [0.25, 0.3) is 0 Å². The van der Waals surface area contributed by atoms with E-state index < -0.39 is 0 Å². The molecule has 6 heteroatoms. The molecule has 4 nitrogen and oxygen atoms in total. The molecule has 1 heterocycles. The molecule has 22 heavy (non-hydrogen) atoms. The molecule has 1 aliphatic rings. The molecule has 2 rings (SSSR count). The van der Waals surface area contributed by atoms with Crippen LogP contribution in [0.5, 0.6) is 0 Å². The summed E-state index contributed by atoms with van der Waals surface area (Å²) in [7, 11) is 0. The van der Waals surface area contributed by atoms with E-state index in [9.17, 15) is 0 Å². The monoisotopic (exact) mass is 480 g/mol. The van der Waals surface area contributed by atoms with Crippen molar-refractivity contribution in [3.05, 3.63) is 28.7 Å². The van der Waals surface area contributed by atoms with Gasteiger partial charge in [-0.25, -0.2) is 0 Å². The van der Waals surface area contributed by atoms with Gasteiger partial charge >= 0.3 is 0 Å². The summed E-state index contributed by atoms with van der Waals surface area (Å²) in [6.45, 7) is 8.11. The number of para-hydroxylation sites is 1. The van der Waals surface area contributed by atoms with Crippen molar-refractivity contribution in [1.29, 1.82) is 0 Å². The molecule has 0 aromatic heterocycles. The third-order valence-corrected chi connectivity index (χ3v) is 4.23. The Kier molecular flexibility index (Phi) is 9.16. The summed E-state index contributed by atoms with van der Waals surface area (Å²) in [5.74, 6) is 0.943. The van der Waals surface area contributed by atoms with Gasteiger partial charge in [-0.2, -0.15) is 0 Å². The summed E-state index contributed by atoms with van der Waals surface area (Å²) in [5.41, 5.74) is 1.28. The third-order valence-electron chi connectivity index (χ3n) is 3.56. The lowest BCUT2D eigenvalue weighted by molar-refractivity contribution is 0.648. The highest BCUT2D eigenvalue weighted by molar-refractivity contribution is 14.0. The SMILES string of the molecule is CCCN=C(NCC)NC1CCN(c2ccccc2Br)C1.I. The van der Waals surface area contributed by atoms with Crippen molar-refractivity contribution in [2.75, 3.05) is 31.1 Å². The van der Waals surface area contributed by atoms with E-state index in [1.165, 1.54) is 5.69 Å². The van der Waals surface area contributed by atoms with E-state index in [1.807, 2.05) is 0 Å². The van der Waals surface area contributed by atoms with Crippen LogP contribution in [0.2, 0.25) is 0 Å². The molecule has 1 aliphatic heterocycles. The summed E-state index contributed by atoms with van der Waals surface area (Å²) in [5, 5.41) is 6.87. The first-order chi connectivity index (χ1) is 10.2. The van der Waals surface area contributed by atoms with Gasteiger partial charge in [-0.05, 0) is 47.8 Å². The average Bonchev–Trinajstić information content (AvgIpc) is 2.94. The molecule has 1 aromatic rings. The van der Waals surface area contributed by atoms with Crippen LogP contribution in [0, 0.1) is 0 Å². The smallest absolute Gasteiger partial charge is 0.191 e. The van der Waals surface area contributed by atoms with Crippen LogP contribution in [0.4, 0.5) is 5.69 Å². The second-order valence-electron chi connectivity index (χ2n) is 5.29. The number of nitrogens with zero attached hydrogens (tertiary/aromatic N) is 2. The Hall–Kier alpha value is -0.500. The van der Waals surface area contributed by atoms with E-state index in [4.69, 9.17) is 0 Å². The van der Waals surface area contributed by atoms with Crippen molar-refractivity contribution >= 4 is 51.6 Å². The molecule has 124 valence electrons. The van der Waals surface area contributed by atoms with Gasteiger partial charge < -0.3 is 15.5 Å². The van der Waals surface area contributed by atoms with Gasteiger partial charge in [0.05, 0.1) is 5.69 Å². The molecule has 0 radical (unpaired) electrons. The highest BCUT2D eigenvalue weighted by Gasteiger charge is 2.24. The Labute approximate surface area is 159 Å². The van der Waals surface area contributed by atoms with Crippen molar-refractivity contribution in [3.63, 3.8) is 0 Å². The van der Waals surface area contributed by atoms with E-state index in [0.717, 1.165) is 49.5 Å². The Morgan fingerprint density at radius 1 is 1.36 bits per heavy atom. The zero-order valence-corrected chi connectivity index (χ0v) is 17.2. The zero-order valence-electron chi connectivity index (χ0n) is 13.3. The number of hydrogen-bond acceptors (Lipinski definition) is 2. The van der Waals surface area contributed by atoms with Crippen LogP contribution in [0.15, 0.2) is 33.7 Å². The van der Waals surface area contributed by atoms with Crippen molar-refractivity contribution in [2.45, 2.75) is 32.7 Å². The number of nitrogens with one attached hydrogen (secondary N) is 2. The summed E-state index contributed by atoms with van der Waals surface area (Å²) >= 11 is 3.64. The fourth-order valence-electron chi connectivity index (χ4n) is 2.54. The quantitative estimate of drug-likeness (QED) is 0.384. The molecule has 0 aliphatic carbocycles. The first-order valence-corrected chi connectivity index (χ1v) is 8.58. The van der Waals surface area contributed by atoms with E-state index in [-0.39, 0.29) is 24.0 Å². The molecule has 1 fully saturated rings. The molecule has 0 saturated carbocycles. The fraction of sp³-hybridized carbons (Fsp3) is 0.562.